The number of rotatable bonds is 3. The molecule has 0 aliphatic rings. The van der Waals surface area contributed by atoms with E-state index in [0.29, 0.717) is 0 Å². The van der Waals surface area contributed by atoms with E-state index in [4.69, 9.17) is 0 Å². The van der Waals surface area contributed by atoms with E-state index in [-0.39, 0.29) is 0 Å². The fourth-order valence-corrected chi connectivity index (χ4v) is 7.32. The summed E-state index contributed by atoms with van der Waals surface area (Å²) in [6, 6.07) is 57.9. The van der Waals surface area contributed by atoms with Crippen LogP contribution in [-0.2, 0) is 0 Å². The zero-order valence-electron chi connectivity index (χ0n) is 26.5. The van der Waals surface area contributed by atoms with E-state index in [0.717, 1.165) is 0 Å². The van der Waals surface area contributed by atoms with Crippen LogP contribution in [-0.4, -0.2) is 4.57 Å². The molecule has 46 heavy (non-hydrogen) atoms. The van der Waals surface area contributed by atoms with E-state index in [2.05, 4.69) is 183 Å². The molecule has 8 rings (SSSR count). The molecule has 0 saturated heterocycles. The van der Waals surface area contributed by atoms with Gasteiger partial charge in [-0.1, -0.05) is 139 Å². The van der Waals surface area contributed by atoms with Crippen LogP contribution in [0.15, 0.2) is 158 Å². The number of benzene rings is 7. The zero-order chi connectivity index (χ0) is 31.2. The maximum Gasteiger partial charge on any atom is 0.0541 e. The van der Waals surface area contributed by atoms with Gasteiger partial charge in [0.25, 0.3) is 0 Å². The van der Waals surface area contributed by atoms with Gasteiger partial charge in [-0.25, -0.2) is 0 Å². The van der Waals surface area contributed by atoms with Gasteiger partial charge in [-0.2, -0.15) is 0 Å². The molecule has 0 fully saturated rings. The van der Waals surface area contributed by atoms with Crippen molar-refractivity contribution >= 4 is 43.4 Å². The topological polar surface area (TPSA) is 4.93 Å². The van der Waals surface area contributed by atoms with Crippen molar-refractivity contribution < 1.29 is 0 Å². The Bertz CT molecular complexity index is 2310. The highest BCUT2D eigenvalue weighted by Gasteiger charge is 2.15. The maximum atomic E-state index is 2.52. The van der Waals surface area contributed by atoms with Gasteiger partial charge in [0.05, 0.1) is 16.7 Å². The molecular formula is C45H35N. The number of aryl methyl sites for hydroxylation is 3. The first-order chi connectivity index (χ1) is 22.6. The summed E-state index contributed by atoms with van der Waals surface area (Å²) in [5, 5.41) is 7.36. The van der Waals surface area contributed by atoms with Gasteiger partial charge < -0.3 is 4.57 Å². The molecule has 0 radical (unpaired) electrons. The Kier molecular flexibility index (Phi) is 6.88. The van der Waals surface area contributed by atoms with E-state index < -0.39 is 0 Å². The fourth-order valence-electron chi connectivity index (χ4n) is 7.32. The number of aromatic nitrogens is 1. The second-order valence-electron chi connectivity index (χ2n) is 12.4. The molecule has 8 aromatic rings. The van der Waals surface area contributed by atoms with Crippen LogP contribution in [0.5, 0.6) is 0 Å². The highest BCUT2D eigenvalue weighted by atomic mass is 15.0. The van der Waals surface area contributed by atoms with E-state index in [1.807, 2.05) is 0 Å². The number of hydrogen-bond acceptors (Lipinski definition) is 0. The van der Waals surface area contributed by atoms with Crippen molar-refractivity contribution in [1.29, 1.82) is 0 Å². The molecule has 7 aromatic carbocycles. The molecule has 0 aliphatic heterocycles. The summed E-state index contributed by atoms with van der Waals surface area (Å²) in [5.41, 5.74) is 12.2. The minimum Gasteiger partial charge on any atom is -0.309 e. The number of fused-ring (bicyclic) bond motifs is 7. The Morgan fingerprint density at radius 1 is 0.326 bits per heavy atom. The van der Waals surface area contributed by atoms with Crippen LogP contribution in [0.3, 0.4) is 0 Å². The summed E-state index contributed by atoms with van der Waals surface area (Å²) in [5.74, 6) is 0. The van der Waals surface area contributed by atoms with Gasteiger partial charge in [0.1, 0.15) is 0 Å². The lowest BCUT2D eigenvalue weighted by Gasteiger charge is -2.20. The van der Waals surface area contributed by atoms with Crippen molar-refractivity contribution in [2.75, 3.05) is 0 Å². The molecule has 220 valence electrons. The van der Waals surface area contributed by atoms with E-state index in [1.54, 1.807) is 0 Å². The Balaban J connectivity index is 1.69. The number of hydrogen-bond donors (Lipinski definition) is 0. The third kappa shape index (κ3) is 4.73. The predicted molar refractivity (Wildman–Crippen MR) is 199 cm³/mol. The molecule has 0 atom stereocenters. The Morgan fingerprint density at radius 2 is 0.696 bits per heavy atom. The van der Waals surface area contributed by atoms with Crippen LogP contribution in [0, 0.1) is 20.8 Å². The summed E-state index contributed by atoms with van der Waals surface area (Å²) in [7, 11) is 0. The highest BCUT2D eigenvalue weighted by molar-refractivity contribution is 6.20. The summed E-state index contributed by atoms with van der Waals surface area (Å²) in [6.07, 6.45) is 0. The zero-order valence-corrected chi connectivity index (χ0v) is 26.5. The molecule has 0 saturated carbocycles. The first-order valence-corrected chi connectivity index (χ1v) is 16.0. The largest absolute Gasteiger partial charge is 0.309 e. The van der Waals surface area contributed by atoms with E-state index >= 15 is 0 Å². The first kappa shape index (κ1) is 27.9. The molecule has 1 heterocycles. The smallest absolute Gasteiger partial charge is 0.0541 e. The Labute approximate surface area is 270 Å². The van der Waals surface area contributed by atoms with Crippen LogP contribution < -0.4 is 0 Å². The van der Waals surface area contributed by atoms with E-state index in [1.165, 1.54) is 88.0 Å². The average molecular weight is 590 g/mol. The second kappa shape index (κ2) is 11.4. The van der Waals surface area contributed by atoms with Crippen molar-refractivity contribution in [3.05, 3.63) is 174 Å². The molecule has 1 heteroatoms. The van der Waals surface area contributed by atoms with Crippen molar-refractivity contribution in [3.8, 4) is 27.9 Å². The van der Waals surface area contributed by atoms with Crippen molar-refractivity contribution in [2.45, 2.75) is 20.8 Å². The predicted octanol–water partition coefficient (Wildman–Crippen LogP) is 12.5. The maximum absolute atomic E-state index is 2.52. The third-order valence-corrected chi connectivity index (χ3v) is 9.27. The minimum atomic E-state index is 1.17. The molecule has 0 unspecified atom stereocenters. The summed E-state index contributed by atoms with van der Waals surface area (Å²) < 4.78 is 2.52. The number of nitrogens with zero attached hydrogens (tertiary/aromatic N) is 1. The molecular weight excluding hydrogens is 555 g/mol. The van der Waals surface area contributed by atoms with Gasteiger partial charge in [0, 0.05) is 10.8 Å². The van der Waals surface area contributed by atoms with Crippen LogP contribution in [0.25, 0.3) is 71.3 Å². The van der Waals surface area contributed by atoms with Crippen molar-refractivity contribution in [1.82, 2.24) is 4.57 Å². The molecule has 0 aliphatic carbocycles. The standard InChI is InChI=1S/C45H35N/c1-30-26-31(2)45(32(3)27-30)46-43-24-22-35(33-14-6-4-7-15-33)28-41(43)39-20-12-10-18-37(39)38-19-11-13-21-40(38)42-29-36(23-25-44(42)46)34-16-8-5-9-17-34/h4-29H,1-3H3. The lowest BCUT2D eigenvalue weighted by atomic mass is 9.98. The fraction of sp³-hybridized carbons (Fsp3) is 0.0667. The van der Waals surface area contributed by atoms with Crippen LogP contribution in [0.1, 0.15) is 16.7 Å². The third-order valence-electron chi connectivity index (χ3n) is 9.27. The first-order valence-electron chi connectivity index (χ1n) is 16.0. The van der Waals surface area contributed by atoms with Gasteiger partial charge in [-0.05, 0) is 100.0 Å². The van der Waals surface area contributed by atoms with E-state index in [9.17, 15) is 0 Å². The van der Waals surface area contributed by atoms with Gasteiger partial charge in [-0.15, -0.1) is 0 Å². The minimum absolute atomic E-state index is 1.17. The highest BCUT2D eigenvalue weighted by Crippen LogP contribution is 2.38. The van der Waals surface area contributed by atoms with Crippen molar-refractivity contribution in [2.24, 2.45) is 0 Å². The Morgan fingerprint density at radius 3 is 1.11 bits per heavy atom. The monoisotopic (exact) mass is 589 g/mol. The van der Waals surface area contributed by atoms with Gasteiger partial charge in [0.2, 0.25) is 0 Å². The van der Waals surface area contributed by atoms with Crippen LogP contribution in [0.2, 0.25) is 0 Å². The summed E-state index contributed by atoms with van der Waals surface area (Å²) >= 11 is 0. The van der Waals surface area contributed by atoms with Crippen LogP contribution >= 0.6 is 0 Å². The normalized spacial score (nSPS) is 11.4. The van der Waals surface area contributed by atoms with Gasteiger partial charge in [-0.3, -0.25) is 0 Å². The lowest BCUT2D eigenvalue weighted by molar-refractivity contribution is 1.11. The average Bonchev–Trinajstić information content (AvgIpc) is 3.13. The second-order valence-corrected chi connectivity index (χ2v) is 12.4. The Hall–Kier alpha value is -5.66. The van der Waals surface area contributed by atoms with Crippen molar-refractivity contribution in [3.63, 3.8) is 0 Å². The quantitative estimate of drug-likeness (QED) is 0.193. The molecule has 0 bridgehead atoms. The SMILES string of the molecule is Cc1cc(C)c(-n2c3ccc(-c4ccccc4)cc3c3ccccc3c3ccccc3c3cc(-c4ccccc4)ccc32)c(C)c1. The van der Waals surface area contributed by atoms with Gasteiger partial charge in [0.15, 0.2) is 0 Å². The summed E-state index contributed by atoms with van der Waals surface area (Å²) in [6.45, 7) is 6.69. The van der Waals surface area contributed by atoms with Gasteiger partial charge >= 0.3 is 0 Å². The lowest BCUT2D eigenvalue weighted by Crippen LogP contribution is -2.04. The molecule has 1 aromatic heterocycles. The molecule has 0 amide bonds. The molecule has 0 N–H and O–H groups in total. The van der Waals surface area contributed by atoms with Crippen LogP contribution in [0.4, 0.5) is 0 Å². The summed E-state index contributed by atoms with van der Waals surface area (Å²) in [4.78, 5) is 0. The molecule has 1 nitrogen and oxygen atoms in total. The molecule has 0 spiro atoms.